The number of carbonyl (C=O) groups is 4. The molecule has 0 heterocycles. The van der Waals surface area contributed by atoms with E-state index >= 15 is 0 Å². The Labute approximate surface area is 193 Å². The number of rotatable bonds is 14. The van der Waals surface area contributed by atoms with Crippen molar-refractivity contribution in [3.8, 4) is 0 Å². The van der Waals surface area contributed by atoms with Gasteiger partial charge in [-0.05, 0) is 45.7 Å². The molecule has 9 heteroatoms. The van der Waals surface area contributed by atoms with Gasteiger partial charge in [-0.1, -0.05) is 41.0 Å². The van der Waals surface area contributed by atoms with E-state index in [-0.39, 0.29) is 23.7 Å². The molecule has 0 aliphatic carbocycles. The second kappa shape index (κ2) is 13.5. The third-order valence-corrected chi connectivity index (χ3v) is 5.36. The van der Waals surface area contributed by atoms with Crippen molar-refractivity contribution in [1.82, 2.24) is 20.4 Å². The molecule has 0 aromatic rings. The van der Waals surface area contributed by atoms with Gasteiger partial charge in [-0.15, -0.1) is 0 Å². The molecule has 0 aliphatic rings. The number of ether oxygens (including phenoxy) is 1. The van der Waals surface area contributed by atoms with Crippen molar-refractivity contribution >= 4 is 24.0 Å². The second-order valence-electron chi connectivity index (χ2n) is 9.47. The Morgan fingerprint density at radius 3 is 1.97 bits per heavy atom. The highest BCUT2D eigenvalue weighted by Gasteiger charge is 2.40. The van der Waals surface area contributed by atoms with Gasteiger partial charge in [0.1, 0.15) is 12.1 Å². The Morgan fingerprint density at radius 1 is 1.03 bits per heavy atom. The van der Waals surface area contributed by atoms with Gasteiger partial charge in [0.25, 0.3) is 5.91 Å². The Morgan fingerprint density at radius 2 is 1.59 bits per heavy atom. The fraction of sp³-hybridized carbons (Fsp3) is 0.826. The highest BCUT2D eigenvalue weighted by atomic mass is 16.5. The first kappa shape index (κ1) is 30.0. The molecule has 186 valence electrons. The van der Waals surface area contributed by atoms with Gasteiger partial charge in [-0.2, -0.15) is 0 Å². The van der Waals surface area contributed by atoms with Crippen molar-refractivity contribution in [3.05, 3.63) is 0 Å². The lowest BCUT2D eigenvalue weighted by Gasteiger charge is -2.37. The molecule has 0 saturated carbocycles. The van der Waals surface area contributed by atoms with Crippen LogP contribution in [0.5, 0.6) is 0 Å². The quantitative estimate of drug-likeness (QED) is 0.302. The molecular formula is C23H44N4O5. The van der Waals surface area contributed by atoms with Crippen LogP contribution in [0.2, 0.25) is 0 Å². The first-order chi connectivity index (χ1) is 14.7. The lowest BCUT2D eigenvalue weighted by molar-refractivity contribution is -0.173. The molecule has 0 saturated heterocycles. The predicted octanol–water partition coefficient (Wildman–Crippen LogP) is 1.41. The number of hydrogen-bond acceptors (Lipinski definition) is 6. The topological polar surface area (TPSA) is 108 Å². The Bertz CT molecular complexity index is 638. The van der Waals surface area contributed by atoms with Crippen LogP contribution < -0.4 is 10.6 Å². The Balaban J connectivity index is 5.75. The zero-order valence-corrected chi connectivity index (χ0v) is 21.5. The molecule has 4 atom stereocenters. The van der Waals surface area contributed by atoms with Crippen molar-refractivity contribution in [2.24, 2.45) is 11.8 Å². The zero-order valence-electron chi connectivity index (χ0n) is 21.5. The molecule has 0 rings (SSSR count). The summed E-state index contributed by atoms with van der Waals surface area (Å²) in [6, 6.07) is -1.10. The second-order valence-corrected chi connectivity index (χ2v) is 9.47. The Hall–Kier alpha value is -2.00. The van der Waals surface area contributed by atoms with E-state index in [1.165, 1.54) is 18.9 Å². The van der Waals surface area contributed by atoms with Crippen LogP contribution in [0.3, 0.4) is 0 Å². The molecule has 0 aliphatic heterocycles. The summed E-state index contributed by atoms with van der Waals surface area (Å²) in [5.74, 6) is -1.15. The van der Waals surface area contributed by atoms with Crippen molar-refractivity contribution in [1.29, 1.82) is 0 Å². The summed E-state index contributed by atoms with van der Waals surface area (Å²) in [6.45, 7) is 10.9. The molecular weight excluding hydrogens is 412 g/mol. The smallest absolute Gasteiger partial charge is 0.252 e. The van der Waals surface area contributed by atoms with E-state index in [9.17, 15) is 19.2 Å². The number of hydrogen-bond donors (Lipinski definition) is 2. The molecule has 9 nitrogen and oxygen atoms in total. The largest absolute Gasteiger partial charge is 0.357 e. The van der Waals surface area contributed by atoms with Gasteiger partial charge in [-0.3, -0.25) is 24.1 Å². The van der Waals surface area contributed by atoms with Gasteiger partial charge in [-0.25, -0.2) is 0 Å². The molecule has 3 amide bonds. The maximum atomic E-state index is 13.3. The number of amides is 3. The third-order valence-electron chi connectivity index (χ3n) is 5.36. The minimum atomic E-state index is -1.69. The minimum Gasteiger partial charge on any atom is -0.357 e. The summed E-state index contributed by atoms with van der Waals surface area (Å²) >= 11 is 0. The maximum absolute atomic E-state index is 13.3. The van der Waals surface area contributed by atoms with Crippen molar-refractivity contribution in [2.75, 3.05) is 28.2 Å². The van der Waals surface area contributed by atoms with Crippen molar-refractivity contribution in [2.45, 2.75) is 84.7 Å². The number of aldehydes is 1. The summed E-state index contributed by atoms with van der Waals surface area (Å²) < 4.78 is 5.94. The maximum Gasteiger partial charge on any atom is 0.252 e. The molecule has 0 bridgehead atoms. The van der Waals surface area contributed by atoms with E-state index in [2.05, 4.69) is 10.6 Å². The number of carbonyl (C=O) groups excluding carboxylic acids is 4. The third kappa shape index (κ3) is 8.86. The van der Waals surface area contributed by atoms with Crippen LogP contribution in [-0.2, 0) is 23.9 Å². The molecule has 32 heavy (non-hydrogen) atoms. The molecule has 0 aromatic heterocycles. The van der Waals surface area contributed by atoms with Crippen molar-refractivity contribution < 1.29 is 23.9 Å². The van der Waals surface area contributed by atoms with Gasteiger partial charge >= 0.3 is 0 Å². The van der Waals surface area contributed by atoms with Crippen LogP contribution in [0.4, 0.5) is 0 Å². The highest BCUT2D eigenvalue weighted by Crippen LogP contribution is 2.20. The van der Waals surface area contributed by atoms with E-state index in [0.29, 0.717) is 19.1 Å². The number of likely N-dealkylation sites (N-methyl/N-ethyl adjacent to an activating group) is 3. The number of nitrogens with zero attached hydrogens (tertiary/aromatic N) is 2. The highest BCUT2D eigenvalue weighted by molar-refractivity contribution is 5.90. The van der Waals surface area contributed by atoms with Crippen LogP contribution >= 0.6 is 0 Å². The molecule has 0 spiro atoms. The van der Waals surface area contributed by atoms with Gasteiger partial charge < -0.3 is 20.3 Å². The average molecular weight is 457 g/mol. The normalized spacial score (nSPS) is 16.3. The number of nitrogens with one attached hydrogen (secondary N) is 2. The Kier molecular flexibility index (Phi) is 12.7. The van der Waals surface area contributed by atoms with E-state index in [0.717, 1.165) is 6.42 Å². The lowest BCUT2D eigenvalue weighted by atomic mass is 9.99. The van der Waals surface area contributed by atoms with E-state index < -0.39 is 29.8 Å². The van der Waals surface area contributed by atoms with Crippen LogP contribution in [0.1, 0.15) is 60.8 Å². The van der Waals surface area contributed by atoms with Crippen LogP contribution in [-0.4, -0.2) is 85.9 Å². The van der Waals surface area contributed by atoms with E-state index in [1.807, 2.05) is 20.8 Å². The first-order valence-corrected chi connectivity index (χ1v) is 11.3. The molecule has 0 aromatic carbocycles. The summed E-state index contributed by atoms with van der Waals surface area (Å²) in [4.78, 5) is 53.7. The first-order valence-electron chi connectivity index (χ1n) is 11.3. The monoisotopic (exact) mass is 456 g/mol. The minimum absolute atomic E-state index is 0.187. The van der Waals surface area contributed by atoms with Crippen LogP contribution in [0.15, 0.2) is 0 Å². The molecule has 0 radical (unpaired) electrons. The fourth-order valence-electron chi connectivity index (χ4n) is 3.46. The fourth-order valence-corrected chi connectivity index (χ4v) is 3.46. The molecule has 2 N–H and O–H groups in total. The van der Waals surface area contributed by atoms with E-state index in [4.69, 9.17) is 4.74 Å². The summed E-state index contributed by atoms with van der Waals surface area (Å²) in [5, 5.41) is 5.27. The van der Waals surface area contributed by atoms with Gasteiger partial charge in [0.05, 0.1) is 6.04 Å². The van der Waals surface area contributed by atoms with E-state index in [1.54, 1.807) is 39.9 Å². The lowest BCUT2D eigenvalue weighted by Crippen LogP contribution is -2.59. The summed E-state index contributed by atoms with van der Waals surface area (Å²) in [6.07, 6.45) is 1.36. The SMILES string of the molecule is CCCC(C(=O)NC(C)(C=O)OC(C(=O)N(C)C(CC(C)C)C(=O)NC)C(C)C)N(C)C. The summed E-state index contributed by atoms with van der Waals surface area (Å²) in [5.41, 5.74) is -1.69. The molecule has 0 fully saturated rings. The van der Waals surface area contributed by atoms with Gasteiger partial charge in [0, 0.05) is 14.1 Å². The van der Waals surface area contributed by atoms with Gasteiger partial charge in [0.2, 0.25) is 11.8 Å². The summed E-state index contributed by atoms with van der Waals surface area (Å²) in [7, 11) is 6.68. The average Bonchev–Trinajstić information content (AvgIpc) is 2.71. The standard InChI is InChI=1S/C23H44N4O5/c1-11-12-17(26(8)9)21(30)25-23(6,14-28)32-19(16(4)5)22(31)27(10)18(13-15(2)3)20(29)24-7/h14-19H,11-13H2,1-10H3,(H,24,29)(H,25,30). The van der Waals surface area contributed by atoms with Crippen LogP contribution in [0, 0.1) is 11.8 Å². The molecule has 4 unspecified atom stereocenters. The van der Waals surface area contributed by atoms with Gasteiger partial charge in [0.15, 0.2) is 12.0 Å². The zero-order chi connectivity index (χ0) is 25.2. The van der Waals surface area contributed by atoms with Crippen LogP contribution in [0.25, 0.3) is 0 Å². The predicted molar refractivity (Wildman–Crippen MR) is 125 cm³/mol. The van der Waals surface area contributed by atoms with Crippen molar-refractivity contribution in [3.63, 3.8) is 0 Å².